The van der Waals surface area contributed by atoms with Crippen molar-refractivity contribution in [3.63, 3.8) is 0 Å². The molecular weight excluding hydrogens is 296 g/mol. The third kappa shape index (κ3) is 3.44. The van der Waals surface area contributed by atoms with Crippen LogP contribution in [0.3, 0.4) is 0 Å². The number of carbonyl (C=O) groups is 3. The molecule has 0 unspecified atom stereocenters. The van der Waals surface area contributed by atoms with Crippen LogP contribution in [0, 0.1) is 5.41 Å². The summed E-state index contributed by atoms with van der Waals surface area (Å²) in [6.45, 7) is 5.67. The Morgan fingerprint density at radius 1 is 1.17 bits per heavy atom. The second kappa shape index (κ2) is 6.14. The maximum absolute atomic E-state index is 12.6. The van der Waals surface area contributed by atoms with Crippen LogP contribution in [-0.2, 0) is 19.7 Å². The molecule has 0 atom stereocenters. The minimum Gasteiger partial charge on any atom is -0.481 e. The van der Waals surface area contributed by atoms with Gasteiger partial charge in [-0.05, 0) is 25.3 Å². The molecule has 0 heterocycles. The zero-order chi connectivity index (χ0) is 17.3. The molecule has 1 aromatic rings. The lowest BCUT2D eigenvalue weighted by Gasteiger charge is -2.23. The van der Waals surface area contributed by atoms with E-state index < -0.39 is 22.8 Å². The Kier molecular flexibility index (Phi) is 4.59. The molecule has 1 N–H and O–H groups in total. The van der Waals surface area contributed by atoms with E-state index in [9.17, 15) is 14.4 Å². The molecule has 1 aliphatic rings. The summed E-state index contributed by atoms with van der Waals surface area (Å²) < 4.78 is 5.01. The van der Waals surface area contributed by atoms with Gasteiger partial charge >= 0.3 is 11.9 Å². The molecule has 1 aromatic carbocycles. The Morgan fingerprint density at radius 2 is 1.74 bits per heavy atom. The largest absolute Gasteiger partial charge is 0.481 e. The normalized spacial score (nSPS) is 15.8. The summed E-state index contributed by atoms with van der Waals surface area (Å²) in [5, 5.41) is 8.97. The Morgan fingerprint density at radius 3 is 2.17 bits per heavy atom. The predicted molar refractivity (Wildman–Crippen MR) is 84.4 cm³/mol. The van der Waals surface area contributed by atoms with Crippen LogP contribution in [0.2, 0.25) is 0 Å². The molecule has 0 spiro atoms. The van der Waals surface area contributed by atoms with E-state index in [2.05, 4.69) is 0 Å². The Bertz CT molecular complexity index is 623. The minimum absolute atomic E-state index is 0.00700. The van der Waals surface area contributed by atoms with Gasteiger partial charge in [0.25, 0.3) is 0 Å². The summed E-state index contributed by atoms with van der Waals surface area (Å²) >= 11 is 0. The molecule has 1 fully saturated rings. The van der Waals surface area contributed by atoms with Crippen molar-refractivity contribution in [2.75, 3.05) is 6.61 Å². The smallest absolute Gasteiger partial charge is 0.320 e. The molecule has 23 heavy (non-hydrogen) atoms. The summed E-state index contributed by atoms with van der Waals surface area (Å²) in [7, 11) is 0. The molecule has 0 saturated heterocycles. The SMILES string of the molecule is CCOC(=O)C1(C(=O)c2ccc(C(C)(C)CC(=O)O)cc2)CC1. The van der Waals surface area contributed by atoms with E-state index in [1.807, 2.05) is 13.8 Å². The van der Waals surface area contributed by atoms with Crippen LogP contribution < -0.4 is 0 Å². The topological polar surface area (TPSA) is 80.7 Å². The van der Waals surface area contributed by atoms with E-state index in [-0.39, 0.29) is 18.8 Å². The van der Waals surface area contributed by atoms with Crippen molar-refractivity contribution >= 4 is 17.7 Å². The van der Waals surface area contributed by atoms with Crippen molar-refractivity contribution in [2.45, 2.75) is 45.4 Å². The fraction of sp³-hybridized carbons (Fsp3) is 0.500. The van der Waals surface area contributed by atoms with Crippen LogP contribution >= 0.6 is 0 Å². The minimum atomic E-state index is -1.01. The zero-order valence-electron chi connectivity index (χ0n) is 13.7. The molecule has 1 saturated carbocycles. The molecular formula is C18H22O5. The summed E-state index contributed by atoms with van der Waals surface area (Å²) in [4.78, 5) is 35.5. The molecule has 0 amide bonds. The Hall–Kier alpha value is -2.17. The average molecular weight is 318 g/mol. The van der Waals surface area contributed by atoms with Crippen LogP contribution in [0.15, 0.2) is 24.3 Å². The highest BCUT2D eigenvalue weighted by molar-refractivity contribution is 6.14. The molecule has 0 radical (unpaired) electrons. The van der Waals surface area contributed by atoms with Gasteiger partial charge in [-0.1, -0.05) is 38.1 Å². The Balaban J connectivity index is 2.18. The summed E-state index contributed by atoms with van der Waals surface area (Å²) in [5.74, 6) is -1.52. The van der Waals surface area contributed by atoms with Crippen molar-refractivity contribution in [1.82, 2.24) is 0 Å². The molecule has 0 bridgehead atoms. The van der Waals surface area contributed by atoms with Crippen molar-refractivity contribution in [3.8, 4) is 0 Å². The number of hydrogen-bond acceptors (Lipinski definition) is 4. The highest BCUT2D eigenvalue weighted by Crippen LogP contribution is 2.49. The summed E-state index contributed by atoms with van der Waals surface area (Å²) in [6, 6.07) is 6.86. The maximum Gasteiger partial charge on any atom is 0.320 e. The van der Waals surface area contributed by atoms with Gasteiger partial charge in [-0.2, -0.15) is 0 Å². The molecule has 1 aliphatic carbocycles. The Labute approximate surface area is 135 Å². The quantitative estimate of drug-likeness (QED) is 0.475. The van der Waals surface area contributed by atoms with E-state index in [0.717, 1.165) is 5.56 Å². The third-order valence-electron chi connectivity index (χ3n) is 4.37. The number of esters is 1. The monoisotopic (exact) mass is 318 g/mol. The van der Waals surface area contributed by atoms with Crippen molar-refractivity contribution in [3.05, 3.63) is 35.4 Å². The van der Waals surface area contributed by atoms with Gasteiger partial charge in [0.05, 0.1) is 13.0 Å². The van der Waals surface area contributed by atoms with E-state index in [0.29, 0.717) is 18.4 Å². The van der Waals surface area contributed by atoms with Gasteiger partial charge in [-0.15, -0.1) is 0 Å². The number of carbonyl (C=O) groups excluding carboxylic acids is 2. The number of ether oxygens (including phenoxy) is 1. The molecule has 5 heteroatoms. The number of benzene rings is 1. The van der Waals surface area contributed by atoms with Gasteiger partial charge in [0.2, 0.25) is 0 Å². The van der Waals surface area contributed by atoms with Gasteiger partial charge in [-0.25, -0.2) is 0 Å². The lowest BCUT2D eigenvalue weighted by molar-refractivity contribution is -0.147. The van der Waals surface area contributed by atoms with E-state index in [1.54, 1.807) is 31.2 Å². The number of Topliss-reactive ketones (excluding diaryl/α,β-unsaturated/α-hetero) is 1. The van der Waals surface area contributed by atoms with Crippen molar-refractivity contribution in [1.29, 1.82) is 0 Å². The number of ketones is 1. The first-order valence-electron chi connectivity index (χ1n) is 7.77. The second-order valence-corrected chi connectivity index (χ2v) is 6.66. The maximum atomic E-state index is 12.6. The van der Waals surface area contributed by atoms with Crippen LogP contribution in [0.5, 0.6) is 0 Å². The van der Waals surface area contributed by atoms with Gasteiger partial charge in [0, 0.05) is 11.0 Å². The number of carboxylic acid groups (broad SMARTS) is 1. The lowest BCUT2D eigenvalue weighted by atomic mass is 9.81. The van der Waals surface area contributed by atoms with Crippen LogP contribution in [0.1, 0.15) is 56.0 Å². The molecule has 0 aliphatic heterocycles. The number of rotatable bonds is 7. The van der Waals surface area contributed by atoms with Gasteiger partial charge in [0.1, 0.15) is 5.41 Å². The molecule has 2 rings (SSSR count). The number of carboxylic acids is 1. The number of hydrogen-bond donors (Lipinski definition) is 1. The van der Waals surface area contributed by atoms with Gasteiger partial charge < -0.3 is 9.84 Å². The average Bonchev–Trinajstić information content (AvgIpc) is 3.27. The molecule has 124 valence electrons. The molecule has 5 nitrogen and oxygen atoms in total. The highest BCUT2D eigenvalue weighted by atomic mass is 16.5. The zero-order valence-corrected chi connectivity index (χ0v) is 13.7. The van der Waals surface area contributed by atoms with E-state index in [1.165, 1.54) is 0 Å². The van der Waals surface area contributed by atoms with E-state index >= 15 is 0 Å². The van der Waals surface area contributed by atoms with E-state index in [4.69, 9.17) is 9.84 Å². The summed E-state index contributed by atoms with van der Waals surface area (Å²) in [6.07, 6.45) is 1.06. The first-order valence-corrected chi connectivity index (χ1v) is 7.77. The van der Waals surface area contributed by atoms with Crippen molar-refractivity contribution in [2.24, 2.45) is 5.41 Å². The van der Waals surface area contributed by atoms with Crippen LogP contribution in [0.25, 0.3) is 0 Å². The van der Waals surface area contributed by atoms with Gasteiger partial charge in [0.15, 0.2) is 5.78 Å². The first kappa shape index (κ1) is 17.2. The van der Waals surface area contributed by atoms with Gasteiger partial charge in [-0.3, -0.25) is 14.4 Å². The summed E-state index contributed by atoms with van der Waals surface area (Å²) in [5.41, 5.74) is -0.220. The highest BCUT2D eigenvalue weighted by Gasteiger charge is 2.57. The van der Waals surface area contributed by atoms with Crippen LogP contribution in [-0.4, -0.2) is 29.4 Å². The van der Waals surface area contributed by atoms with Crippen molar-refractivity contribution < 1.29 is 24.2 Å². The predicted octanol–water partition coefficient (Wildman–Crippen LogP) is 2.96. The first-order chi connectivity index (χ1) is 10.7. The fourth-order valence-electron chi connectivity index (χ4n) is 2.75. The van der Waals surface area contributed by atoms with Crippen LogP contribution in [0.4, 0.5) is 0 Å². The standard InChI is InChI=1S/C18H22O5/c1-4-23-16(22)18(9-10-18)15(21)12-5-7-13(8-6-12)17(2,3)11-14(19)20/h5-8H,4,9-11H2,1-3H3,(H,19,20). The second-order valence-electron chi connectivity index (χ2n) is 6.66. The third-order valence-corrected chi connectivity index (χ3v) is 4.37. The lowest BCUT2D eigenvalue weighted by Crippen LogP contribution is -2.28. The fourth-order valence-corrected chi connectivity index (χ4v) is 2.75. The molecule has 0 aromatic heterocycles. The number of aliphatic carboxylic acids is 1.